The average Bonchev–Trinajstić information content (AvgIpc) is 3.88. The van der Waals surface area contributed by atoms with Crippen LogP contribution in [0.5, 0.6) is 23.0 Å². The second-order valence-electron chi connectivity index (χ2n) is 14.9. The molecule has 284 valence electrons. The number of thiophene rings is 1. The number of hydrogen-bond donors (Lipinski definition) is 0. The van der Waals surface area contributed by atoms with Crippen molar-refractivity contribution in [2.75, 3.05) is 9.80 Å². The summed E-state index contributed by atoms with van der Waals surface area (Å²) in [4.78, 5) is 4.64. The number of benzene rings is 9. The van der Waals surface area contributed by atoms with Crippen molar-refractivity contribution in [1.82, 2.24) is 0 Å². The van der Waals surface area contributed by atoms with Crippen LogP contribution in [-0.4, -0.2) is 0 Å². The molecular formula is C54H34N2O3S. The third kappa shape index (κ3) is 5.69. The molecule has 5 nitrogen and oxygen atoms in total. The van der Waals surface area contributed by atoms with Gasteiger partial charge in [-0.15, -0.1) is 11.3 Å². The molecule has 0 fully saturated rings. The Morgan fingerprint density at radius 2 is 0.917 bits per heavy atom. The number of para-hydroxylation sites is 5. The molecule has 0 bridgehead atoms. The van der Waals surface area contributed by atoms with Gasteiger partial charge >= 0.3 is 0 Å². The van der Waals surface area contributed by atoms with Gasteiger partial charge in [0.1, 0.15) is 11.2 Å². The van der Waals surface area contributed by atoms with E-state index in [1.165, 1.54) is 20.2 Å². The molecular weight excluding hydrogens is 757 g/mol. The van der Waals surface area contributed by atoms with Crippen molar-refractivity contribution in [3.05, 3.63) is 206 Å². The van der Waals surface area contributed by atoms with Gasteiger partial charge < -0.3 is 23.7 Å². The number of anilines is 6. The van der Waals surface area contributed by atoms with Gasteiger partial charge in [0.05, 0.1) is 11.4 Å². The number of fused-ring (bicyclic) bond motifs is 8. The highest BCUT2D eigenvalue weighted by Crippen LogP contribution is 2.51. The Morgan fingerprint density at radius 1 is 0.350 bits per heavy atom. The molecule has 3 heterocycles. The maximum Gasteiger partial charge on any atom is 0.172 e. The van der Waals surface area contributed by atoms with Crippen molar-refractivity contribution in [3.63, 3.8) is 0 Å². The van der Waals surface area contributed by atoms with E-state index in [-0.39, 0.29) is 0 Å². The van der Waals surface area contributed by atoms with E-state index in [0.717, 1.165) is 67.2 Å². The fraction of sp³-hybridized carbons (Fsp3) is 0. The van der Waals surface area contributed by atoms with E-state index in [0.29, 0.717) is 23.0 Å². The average molecular weight is 791 g/mol. The van der Waals surface area contributed by atoms with Gasteiger partial charge in [0.2, 0.25) is 0 Å². The molecule has 0 atom stereocenters. The smallest absolute Gasteiger partial charge is 0.172 e. The minimum Gasteiger partial charge on any atom is -0.456 e. The summed E-state index contributed by atoms with van der Waals surface area (Å²) in [6, 6.07) is 72.0. The van der Waals surface area contributed by atoms with Crippen LogP contribution < -0.4 is 19.3 Å². The molecule has 12 rings (SSSR count). The summed E-state index contributed by atoms with van der Waals surface area (Å²) in [7, 11) is 0. The van der Waals surface area contributed by atoms with E-state index in [1.807, 2.05) is 59.9 Å². The van der Waals surface area contributed by atoms with Gasteiger partial charge in [0.15, 0.2) is 23.0 Å². The number of nitrogens with zero attached hydrogens (tertiary/aromatic N) is 2. The van der Waals surface area contributed by atoms with Crippen molar-refractivity contribution < 1.29 is 13.9 Å². The minimum atomic E-state index is 0.655. The highest BCUT2D eigenvalue weighted by atomic mass is 32.1. The van der Waals surface area contributed by atoms with Crippen LogP contribution in [0.2, 0.25) is 0 Å². The molecule has 9 aromatic carbocycles. The lowest BCUT2D eigenvalue weighted by Crippen LogP contribution is -2.12. The van der Waals surface area contributed by atoms with Gasteiger partial charge in [-0.1, -0.05) is 97.1 Å². The fourth-order valence-electron chi connectivity index (χ4n) is 8.60. The largest absolute Gasteiger partial charge is 0.456 e. The third-order valence-electron chi connectivity index (χ3n) is 11.3. The quantitative estimate of drug-likeness (QED) is 0.161. The van der Waals surface area contributed by atoms with Crippen LogP contribution in [0.1, 0.15) is 0 Å². The Labute approximate surface area is 350 Å². The number of hydrogen-bond acceptors (Lipinski definition) is 6. The van der Waals surface area contributed by atoms with Crippen LogP contribution >= 0.6 is 11.3 Å². The zero-order valence-electron chi connectivity index (χ0n) is 32.2. The number of rotatable bonds is 7. The van der Waals surface area contributed by atoms with Crippen LogP contribution in [0.25, 0.3) is 53.2 Å². The summed E-state index contributed by atoms with van der Waals surface area (Å²) < 4.78 is 21.8. The number of furan rings is 1. The normalized spacial score (nSPS) is 11.9. The Morgan fingerprint density at radius 3 is 1.70 bits per heavy atom. The predicted molar refractivity (Wildman–Crippen MR) is 248 cm³/mol. The maximum atomic E-state index is 6.54. The summed E-state index contributed by atoms with van der Waals surface area (Å²) in [5.41, 5.74) is 9.98. The molecule has 0 radical (unpaired) electrons. The predicted octanol–water partition coefficient (Wildman–Crippen LogP) is 16.5. The Bertz CT molecular complexity index is 3390. The first-order chi connectivity index (χ1) is 29.7. The van der Waals surface area contributed by atoms with E-state index in [9.17, 15) is 0 Å². The second kappa shape index (κ2) is 13.9. The molecule has 1 aliphatic rings. The summed E-state index contributed by atoms with van der Waals surface area (Å²) in [6.45, 7) is 0. The minimum absolute atomic E-state index is 0.655. The second-order valence-corrected chi connectivity index (χ2v) is 16.0. The molecule has 0 unspecified atom stereocenters. The highest BCUT2D eigenvalue weighted by Gasteiger charge is 2.26. The molecule has 6 heteroatoms. The molecule has 0 saturated carbocycles. The van der Waals surface area contributed by atoms with Gasteiger partial charge in [0, 0.05) is 65.3 Å². The fourth-order valence-corrected chi connectivity index (χ4v) is 9.69. The molecule has 60 heavy (non-hydrogen) atoms. The molecule has 1 aliphatic heterocycles. The van der Waals surface area contributed by atoms with Crippen molar-refractivity contribution in [2.45, 2.75) is 0 Å². The Hall–Kier alpha value is -7.80. The Balaban J connectivity index is 1.04. The van der Waals surface area contributed by atoms with Crippen LogP contribution in [0.3, 0.4) is 0 Å². The monoisotopic (exact) mass is 790 g/mol. The lowest BCUT2D eigenvalue weighted by Gasteiger charge is -2.30. The lowest BCUT2D eigenvalue weighted by molar-refractivity contribution is 0.360. The lowest BCUT2D eigenvalue weighted by atomic mass is 9.95. The van der Waals surface area contributed by atoms with E-state index in [1.54, 1.807) is 0 Å². The number of ether oxygens (including phenoxy) is 2. The molecule has 0 aliphatic carbocycles. The van der Waals surface area contributed by atoms with Gasteiger partial charge in [-0.25, -0.2) is 0 Å². The molecule has 0 amide bonds. The molecule has 0 N–H and O–H groups in total. The maximum absolute atomic E-state index is 6.54. The summed E-state index contributed by atoms with van der Waals surface area (Å²) in [5, 5.41) is 4.65. The molecule has 2 aromatic heterocycles. The van der Waals surface area contributed by atoms with Crippen LogP contribution in [0, 0.1) is 0 Å². The first-order valence-electron chi connectivity index (χ1n) is 20.0. The summed E-state index contributed by atoms with van der Waals surface area (Å²) >= 11 is 1.84. The third-order valence-corrected chi connectivity index (χ3v) is 12.5. The van der Waals surface area contributed by atoms with Crippen molar-refractivity contribution in [2.24, 2.45) is 0 Å². The first kappa shape index (κ1) is 34.3. The Kier molecular flexibility index (Phi) is 7.96. The summed E-state index contributed by atoms with van der Waals surface area (Å²) in [6.07, 6.45) is 0. The highest BCUT2D eigenvalue weighted by molar-refractivity contribution is 7.25. The van der Waals surface area contributed by atoms with Crippen molar-refractivity contribution in [1.29, 1.82) is 0 Å². The van der Waals surface area contributed by atoms with Crippen molar-refractivity contribution >= 4 is 87.6 Å². The van der Waals surface area contributed by atoms with Gasteiger partial charge in [0.25, 0.3) is 0 Å². The zero-order chi connectivity index (χ0) is 39.6. The topological polar surface area (TPSA) is 38.1 Å². The van der Waals surface area contributed by atoms with Crippen LogP contribution in [-0.2, 0) is 0 Å². The van der Waals surface area contributed by atoms with E-state index in [2.05, 4.69) is 168 Å². The zero-order valence-corrected chi connectivity index (χ0v) is 33.0. The standard InChI is InChI=1S/C54H34N2O3S/c1-3-13-36(14-4-1)55(39-28-32-52-43(33-39)41-17-8-12-22-51(41)60-52)38-25-23-35(24-26-38)53-44(29-31-49-54(53)42-18-7-9-19-45(42)57-49)56(37-15-5-2-6-16-37)40-27-30-48-50(34-40)59-47-21-11-10-20-46(47)58-48/h1-34H. The first-order valence-corrected chi connectivity index (χ1v) is 20.8. The van der Waals surface area contributed by atoms with Gasteiger partial charge in [-0.05, 0) is 109 Å². The SMILES string of the molecule is c1ccc(N(c2ccc(-c3c(N(c4ccccc4)c4ccc5c(c4)Oc4ccccc4O5)ccc4oc5ccccc5c34)cc2)c2ccc3sc4ccccc4c3c2)cc1. The molecule has 11 aromatic rings. The van der Waals surface area contributed by atoms with Gasteiger partial charge in [-0.2, -0.15) is 0 Å². The molecule has 0 saturated heterocycles. The van der Waals surface area contributed by atoms with E-state index < -0.39 is 0 Å². The van der Waals surface area contributed by atoms with E-state index in [4.69, 9.17) is 13.9 Å². The molecule has 0 spiro atoms. The van der Waals surface area contributed by atoms with Gasteiger partial charge in [-0.3, -0.25) is 0 Å². The van der Waals surface area contributed by atoms with Crippen molar-refractivity contribution in [3.8, 4) is 34.1 Å². The van der Waals surface area contributed by atoms with E-state index >= 15 is 0 Å². The van der Waals surface area contributed by atoms with Crippen LogP contribution in [0.4, 0.5) is 34.1 Å². The summed E-state index contributed by atoms with van der Waals surface area (Å²) in [5.74, 6) is 2.72. The van der Waals surface area contributed by atoms with Crippen LogP contribution in [0.15, 0.2) is 211 Å².